The molecule has 0 N–H and O–H groups in total. The summed E-state index contributed by atoms with van der Waals surface area (Å²) in [6.07, 6.45) is 3.33. The third-order valence-electron chi connectivity index (χ3n) is 4.30. The molecule has 122 valence electrons. The van der Waals surface area contributed by atoms with Gasteiger partial charge in [0.1, 0.15) is 0 Å². The monoisotopic (exact) mass is 317 g/mol. The normalized spacial score (nSPS) is 15.8. The minimum atomic E-state index is -0.375. The van der Waals surface area contributed by atoms with Crippen molar-refractivity contribution in [3.63, 3.8) is 0 Å². The van der Waals surface area contributed by atoms with E-state index in [0.29, 0.717) is 19.7 Å². The van der Waals surface area contributed by atoms with Crippen LogP contribution in [0.1, 0.15) is 25.8 Å². The van der Waals surface area contributed by atoms with Crippen molar-refractivity contribution in [3.8, 4) is 0 Å². The number of carbonyl (C=O) groups is 1. The Morgan fingerprint density at radius 3 is 2.74 bits per heavy atom. The van der Waals surface area contributed by atoms with Crippen molar-refractivity contribution in [1.82, 2.24) is 9.47 Å². The number of nitrogens with zero attached hydrogens (tertiary/aromatic N) is 3. The van der Waals surface area contributed by atoms with E-state index in [1.165, 1.54) is 6.07 Å². The summed E-state index contributed by atoms with van der Waals surface area (Å²) in [7, 11) is 0. The molecule has 23 heavy (non-hydrogen) atoms. The van der Waals surface area contributed by atoms with Gasteiger partial charge >= 0.3 is 6.09 Å². The number of likely N-dealkylation sites (tertiary alicyclic amines) is 1. The number of piperidine rings is 1. The molecule has 0 spiro atoms. The molecule has 0 saturated carbocycles. The maximum atomic E-state index is 11.7. The molecular weight excluding hydrogens is 298 g/mol. The van der Waals surface area contributed by atoms with Crippen LogP contribution >= 0.6 is 0 Å². The van der Waals surface area contributed by atoms with Gasteiger partial charge < -0.3 is 14.2 Å². The Hall–Kier alpha value is -2.57. The molecule has 0 radical (unpaired) electrons. The molecule has 1 aromatic heterocycles. The van der Waals surface area contributed by atoms with Crippen molar-refractivity contribution in [2.24, 2.45) is 0 Å². The SMILES string of the molecule is CCOC(=O)N1CCC(n2ccc3ccc([N+](=O)[O-])cc32)CC1. The Kier molecular flexibility index (Phi) is 4.18. The van der Waals surface area contributed by atoms with Crippen molar-refractivity contribution < 1.29 is 14.5 Å². The molecule has 1 fully saturated rings. The van der Waals surface area contributed by atoms with Crippen LogP contribution in [-0.2, 0) is 4.74 Å². The van der Waals surface area contributed by atoms with Gasteiger partial charge in [-0.15, -0.1) is 0 Å². The summed E-state index contributed by atoms with van der Waals surface area (Å²) in [5.74, 6) is 0. The number of nitro groups is 1. The lowest BCUT2D eigenvalue weighted by Gasteiger charge is -2.32. The minimum absolute atomic E-state index is 0.0985. The van der Waals surface area contributed by atoms with Crippen LogP contribution in [0.5, 0.6) is 0 Å². The smallest absolute Gasteiger partial charge is 0.409 e. The third kappa shape index (κ3) is 2.99. The fourth-order valence-corrected chi connectivity index (χ4v) is 3.11. The summed E-state index contributed by atoms with van der Waals surface area (Å²) in [6, 6.07) is 7.12. The van der Waals surface area contributed by atoms with Gasteiger partial charge in [-0.1, -0.05) is 0 Å². The fraction of sp³-hybridized carbons (Fsp3) is 0.438. The molecule has 1 aromatic carbocycles. The molecule has 1 aliphatic rings. The number of hydrogen-bond donors (Lipinski definition) is 0. The van der Waals surface area contributed by atoms with Gasteiger partial charge in [0.25, 0.3) is 5.69 Å². The third-order valence-corrected chi connectivity index (χ3v) is 4.30. The molecule has 7 heteroatoms. The van der Waals surface area contributed by atoms with E-state index < -0.39 is 0 Å². The van der Waals surface area contributed by atoms with Crippen molar-refractivity contribution >= 4 is 22.7 Å². The largest absolute Gasteiger partial charge is 0.450 e. The highest BCUT2D eigenvalue weighted by Crippen LogP contribution is 2.30. The summed E-state index contributed by atoms with van der Waals surface area (Å²) >= 11 is 0. The van der Waals surface area contributed by atoms with E-state index in [4.69, 9.17) is 4.74 Å². The number of non-ortho nitro benzene ring substituents is 1. The lowest BCUT2D eigenvalue weighted by atomic mass is 10.0. The van der Waals surface area contributed by atoms with E-state index >= 15 is 0 Å². The fourth-order valence-electron chi connectivity index (χ4n) is 3.11. The standard InChI is InChI=1S/C16H19N3O4/c1-2-23-16(20)17-8-6-13(7-9-17)18-10-5-12-3-4-14(19(21)22)11-15(12)18/h3-5,10-11,13H,2,6-9H2,1H3. The highest BCUT2D eigenvalue weighted by Gasteiger charge is 2.25. The maximum absolute atomic E-state index is 11.7. The molecule has 3 rings (SSSR count). The van der Waals surface area contributed by atoms with Crippen molar-refractivity contribution in [2.45, 2.75) is 25.8 Å². The maximum Gasteiger partial charge on any atom is 0.409 e. The van der Waals surface area contributed by atoms with Crippen molar-refractivity contribution in [3.05, 3.63) is 40.6 Å². The molecule has 0 aliphatic carbocycles. The number of benzene rings is 1. The van der Waals surface area contributed by atoms with Crippen LogP contribution < -0.4 is 0 Å². The summed E-state index contributed by atoms with van der Waals surface area (Å²) in [6.45, 7) is 3.45. The Balaban J connectivity index is 1.78. The van der Waals surface area contributed by atoms with Crippen LogP contribution in [0.15, 0.2) is 30.5 Å². The van der Waals surface area contributed by atoms with Gasteiger partial charge in [-0.25, -0.2) is 4.79 Å². The quantitative estimate of drug-likeness (QED) is 0.642. The number of amides is 1. The highest BCUT2D eigenvalue weighted by atomic mass is 16.6. The number of carbonyl (C=O) groups excluding carboxylic acids is 1. The van der Waals surface area contributed by atoms with Crippen LogP contribution in [-0.4, -0.2) is 40.2 Å². The van der Waals surface area contributed by atoms with E-state index in [1.807, 2.05) is 12.3 Å². The van der Waals surface area contributed by atoms with E-state index in [1.54, 1.807) is 24.0 Å². The first kappa shape index (κ1) is 15.3. The molecule has 0 unspecified atom stereocenters. The van der Waals surface area contributed by atoms with E-state index in [0.717, 1.165) is 23.7 Å². The van der Waals surface area contributed by atoms with Gasteiger partial charge in [0.2, 0.25) is 0 Å². The first-order chi connectivity index (χ1) is 11.1. The molecule has 2 aromatic rings. The zero-order valence-electron chi connectivity index (χ0n) is 13.0. The Morgan fingerprint density at radius 1 is 1.35 bits per heavy atom. The molecular formula is C16H19N3O4. The lowest BCUT2D eigenvalue weighted by molar-refractivity contribution is -0.384. The summed E-state index contributed by atoms with van der Waals surface area (Å²) in [4.78, 5) is 24.1. The molecule has 1 aliphatic heterocycles. The zero-order valence-corrected chi connectivity index (χ0v) is 13.0. The topological polar surface area (TPSA) is 77.6 Å². The molecule has 7 nitrogen and oxygen atoms in total. The molecule has 1 amide bonds. The van der Waals surface area contributed by atoms with Crippen LogP contribution in [0.3, 0.4) is 0 Å². The van der Waals surface area contributed by atoms with Crippen LogP contribution in [0.25, 0.3) is 10.9 Å². The van der Waals surface area contributed by atoms with E-state index in [-0.39, 0.29) is 22.7 Å². The zero-order chi connectivity index (χ0) is 16.4. The van der Waals surface area contributed by atoms with Crippen LogP contribution in [0.2, 0.25) is 0 Å². The second-order valence-electron chi connectivity index (χ2n) is 5.64. The van der Waals surface area contributed by atoms with Crippen LogP contribution in [0.4, 0.5) is 10.5 Å². The van der Waals surface area contributed by atoms with Gasteiger partial charge in [-0.2, -0.15) is 0 Å². The first-order valence-electron chi connectivity index (χ1n) is 7.77. The predicted molar refractivity (Wildman–Crippen MR) is 85.5 cm³/mol. The molecule has 0 bridgehead atoms. The number of hydrogen-bond acceptors (Lipinski definition) is 4. The number of aromatic nitrogens is 1. The Bertz CT molecular complexity index is 732. The van der Waals surface area contributed by atoms with Gasteiger partial charge in [-0.05, 0) is 31.9 Å². The van der Waals surface area contributed by atoms with E-state index in [2.05, 4.69) is 4.57 Å². The average molecular weight is 317 g/mol. The van der Waals surface area contributed by atoms with Gasteiger partial charge in [0.05, 0.1) is 17.0 Å². The van der Waals surface area contributed by atoms with Crippen molar-refractivity contribution in [2.75, 3.05) is 19.7 Å². The van der Waals surface area contributed by atoms with Gasteiger partial charge in [-0.3, -0.25) is 10.1 Å². The Morgan fingerprint density at radius 2 is 2.09 bits per heavy atom. The van der Waals surface area contributed by atoms with Gasteiger partial charge in [0.15, 0.2) is 0 Å². The number of nitro benzene ring substituents is 1. The second-order valence-corrected chi connectivity index (χ2v) is 5.64. The number of rotatable bonds is 3. The minimum Gasteiger partial charge on any atom is -0.450 e. The lowest BCUT2D eigenvalue weighted by Crippen LogP contribution is -2.39. The highest BCUT2D eigenvalue weighted by molar-refractivity contribution is 5.82. The molecule has 1 saturated heterocycles. The second kappa shape index (κ2) is 6.28. The average Bonchev–Trinajstić information content (AvgIpc) is 2.98. The summed E-state index contributed by atoms with van der Waals surface area (Å²) in [5, 5.41) is 12.0. The molecule has 2 heterocycles. The predicted octanol–water partition coefficient (Wildman–Crippen LogP) is 3.34. The van der Waals surface area contributed by atoms with Crippen LogP contribution in [0, 0.1) is 10.1 Å². The number of ether oxygens (including phenoxy) is 1. The molecule has 0 atom stereocenters. The van der Waals surface area contributed by atoms with Gasteiger partial charge in [0, 0.05) is 42.8 Å². The summed E-state index contributed by atoms with van der Waals surface area (Å²) in [5.41, 5.74) is 0.968. The Labute approximate surface area is 133 Å². The summed E-state index contributed by atoms with van der Waals surface area (Å²) < 4.78 is 7.11. The van der Waals surface area contributed by atoms with Crippen molar-refractivity contribution in [1.29, 1.82) is 0 Å². The van der Waals surface area contributed by atoms with E-state index in [9.17, 15) is 14.9 Å². The number of fused-ring (bicyclic) bond motifs is 1. The first-order valence-corrected chi connectivity index (χ1v) is 7.77.